The van der Waals surface area contributed by atoms with Gasteiger partial charge in [0.2, 0.25) is 0 Å². The molecule has 694 valence electrons. The zero-order valence-corrected chi connectivity index (χ0v) is 78.6. The number of carbonyl (C=O) groups excluding carboxylic acids is 8. The maximum absolute atomic E-state index is 14.1. The Morgan fingerprint density at radius 2 is 0.655 bits per heavy atom. The number of rotatable bonds is 30. The fourth-order valence-electron chi connectivity index (χ4n) is 21.0. The van der Waals surface area contributed by atoms with Crippen LogP contribution in [0.25, 0.3) is 38.6 Å². The second kappa shape index (κ2) is 36.6. The van der Waals surface area contributed by atoms with Crippen LogP contribution in [0.4, 0.5) is 39.8 Å². The van der Waals surface area contributed by atoms with Gasteiger partial charge in [-0.3, -0.25) is 67.1 Å². The highest BCUT2D eigenvalue weighted by atomic mass is 32.2. The summed E-state index contributed by atoms with van der Waals surface area (Å²) in [6, 6.07) is 81.1. The number of carbonyl (C=O) groups is 8. The molecule has 0 spiro atoms. The van der Waals surface area contributed by atoms with Gasteiger partial charge in [0, 0.05) is 126 Å². The highest BCUT2D eigenvalue weighted by Crippen LogP contribution is 2.50. The normalized spacial score (nSPS) is 14.8. The molecule has 0 saturated heterocycles. The third kappa shape index (κ3) is 16.8. The fourth-order valence-corrected chi connectivity index (χ4v) is 22.4. The number of benzene rings is 13. The number of allylic oxidation sites excluding steroid dienone is 1. The number of ether oxygens (including phenoxy) is 1. The number of nitrogens with zero attached hydrogens (tertiary/aromatic N) is 8. The minimum atomic E-state index is -4.84. The quantitative estimate of drug-likeness (QED) is 0.0183. The van der Waals surface area contributed by atoms with Gasteiger partial charge >= 0.3 is 11.2 Å². The van der Waals surface area contributed by atoms with Crippen LogP contribution in [0.1, 0.15) is 164 Å². The Kier molecular flexibility index (Phi) is 24.0. The van der Waals surface area contributed by atoms with Crippen molar-refractivity contribution in [2.75, 3.05) is 72.0 Å². The van der Waals surface area contributed by atoms with Crippen LogP contribution < -0.4 is 24.3 Å². The molecule has 26 heteroatoms. The molecule has 1 aromatic heterocycles. The van der Waals surface area contributed by atoms with Crippen LogP contribution in [0.5, 0.6) is 5.75 Å². The third-order valence-electron chi connectivity index (χ3n) is 27.0. The highest BCUT2D eigenvalue weighted by molar-refractivity contribution is 7.86. The molecule has 139 heavy (non-hydrogen) atoms. The number of amides is 8. The van der Waals surface area contributed by atoms with Gasteiger partial charge in [-0.05, 0) is 240 Å². The summed E-state index contributed by atoms with van der Waals surface area (Å²) in [5, 5.41) is 1.04. The van der Waals surface area contributed by atoms with Gasteiger partial charge < -0.3 is 24.3 Å². The smallest absolute Gasteiger partial charge is 0.363 e. The Morgan fingerprint density at radius 3 is 1.04 bits per heavy atom. The summed E-state index contributed by atoms with van der Waals surface area (Å²) in [4.78, 5) is 124. The van der Waals surface area contributed by atoms with Crippen LogP contribution in [-0.4, -0.2) is 151 Å². The van der Waals surface area contributed by atoms with Gasteiger partial charge in [0.15, 0.2) is 0 Å². The Balaban J connectivity index is 0.653. The Bertz CT molecular complexity index is 7740. The summed E-state index contributed by atoms with van der Waals surface area (Å²) >= 11 is 0. The first-order valence-electron chi connectivity index (χ1n) is 46.2. The van der Waals surface area contributed by atoms with Crippen LogP contribution in [-0.2, 0) is 26.7 Å². The SMILES string of the molecule is Cc1cccc(C)c1N(CCCN1C(=O)c2ccccc2C1=O)c1ccc2c(-c3ccccc3S(=O)(=O)O)c3ccc(N(CCCN4C(=O)c5ccccc5C4=O)c4c(C)cc(Cc5cc(C)c(N(CCCN6C(=O)c7ccccc7C6=O)c6ccc7c(c6)OC6C=C(N(CCCN8C(=O)c9ccccc9C8=O)c8ccccc8)C=CC6=C7c6ccccc6S(=O)(=O)O)c(C)c5)cc4C)cc3[o+]c2c1. The second-order valence-corrected chi connectivity index (χ2v) is 38.7. The van der Waals surface area contributed by atoms with Gasteiger partial charge in [-0.15, -0.1) is 0 Å². The summed E-state index contributed by atoms with van der Waals surface area (Å²) in [6.45, 7) is 13.9. The zero-order chi connectivity index (χ0) is 96.7. The lowest BCUT2D eigenvalue weighted by molar-refractivity contribution is 0.0638. The lowest BCUT2D eigenvalue weighted by atomic mass is 9.85. The number of imide groups is 4. The van der Waals surface area contributed by atoms with E-state index in [4.69, 9.17) is 9.15 Å². The molecule has 6 heterocycles. The molecular weight excluding hydrogens is 1790 g/mol. The fraction of sp³-hybridized carbons (Fsp3) is 0.177. The number of anilines is 7. The molecule has 6 aliphatic rings. The number of hydrogen-bond donors (Lipinski definition) is 2. The van der Waals surface area contributed by atoms with Crippen LogP contribution in [0.15, 0.2) is 317 Å². The van der Waals surface area contributed by atoms with Crippen LogP contribution >= 0.6 is 0 Å². The summed E-state index contributed by atoms with van der Waals surface area (Å²) in [5.41, 5.74) is 19.5. The average molecular weight is 1890 g/mol. The van der Waals surface area contributed by atoms with E-state index in [1.54, 1.807) is 133 Å². The lowest BCUT2D eigenvalue weighted by Gasteiger charge is -2.35. The van der Waals surface area contributed by atoms with E-state index >= 15 is 0 Å². The molecule has 1 aliphatic carbocycles. The molecule has 0 radical (unpaired) electrons. The lowest BCUT2D eigenvalue weighted by Crippen LogP contribution is -2.34. The number of hydrogen-bond acceptors (Lipinski definition) is 17. The average Bonchev–Trinajstić information content (AvgIpc) is 1.48. The maximum Gasteiger partial charge on any atom is 0.363 e. The Hall–Kier alpha value is -15.9. The summed E-state index contributed by atoms with van der Waals surface area (Å²) < 4.78 is 90.7. The van der Waals surface area contributed by atoms with Crippen molar-refractivity contribution >= 4 is 135 Å². The van der Waals surface area contributed by atoms with Crippen molar-refractivity contribution in [3.8, 4) is 16.9 Å². The van der Waals surface area contributed by atoms with E-state index in [0.29, 0.717) is 162 Å². The molecule has 24 nitrogen and oxygen atoms in total. The summed E-state index contributed by atoms with van der Waals surface area (Å²) in [6.07, 6.45) is 6.75. The van der Waals surface area contributed by atoms with E-state index in [2.05, 4.69) is 43.9 Å². The summed E-state index contributed by atoms with van der Waals surface area (Å²) in [5.74, 6) is -2.60. The Morgan fingerprint density at radius 1 is 0.324 bits per heavy atom. The van der Waals surface area contributed by atoms with Crippen molar-refractivity contribution in [3.05, 3.63) is 403 Å². The molecule has 20 rings (SSSR count). The second-order valence-electron chi connectivity index (χ2n) is 35.9. The minimum Gasteiger partial charge on any atom is -0.481 e. The van der Waals surface area contributed by atoms with E-state index in [1.807, 2.05) is 163 Å². The number of aryl methyl sites for hydroxylation is 6. The molecule has 1 unspecified atom stereocenters. The topological polar surface area (TPSA) is 292 Å². The van der Waals surface area contributed by atoms with Gasteiger partial charge in [0.25, 0.3) is 67.5 Å². The standard InChI is InChI=1S/C113H94N8O16S2/c1-68-27-22-28-69(2)103(68)115(52-24-56-119-108(124)83-33-12-13-34-84(83)109(119)125)78-44-48-90-96(65-78)137-98-67-80(46-50-92(98)102(90)94-40-19-21-42-100(94)139(133,134)135)117(54-26-58-121-112(128)87-37-16-17-38-88(87)113(121)129)105-72(5)61-75(62-73(105)6)63-74-59-70(3)104(71(4)60-74)116(53-25-57-120-110(126)85-35-14-15-36-86(85)111(120)127)79-45-49-91-97(66-79)136-95-64-77(43-47-89(95)101(91)93-39-18-20-41-99(93)138(130,131)132)114(76-29-8-7-9-30-76)51-23-55-118-106(122)81-31-10-11-32-82(81)107(118)123/h7-22,27-50,59-62,64-67,95H,23-26,51-58,63H2,1-6H3,(H-,130,131,132,133,134,135)/p+1. The molecular formula is C113H95N8O16S2+. The van der Waals surface area contributed by atoms with Crippen molar-refractivity contribution in [2.24, 2.45) is 0 Å². The van der Waals surface area contributed by atoms with Crippen molar-refractivity contribution in [3.63, 3.8) is 0 Å². The predicted octanol–water partition coefficient (Wildman–Crippen LogP) is 21.2. The van der Waals surface area contributed by atoms with Gasteiger partial charge in [-0.25, -0.2) is 4.42 Å². The number of para-hydroxylation sites is 2. The zero-order valence-electron chi connectivity index (χ0n) is 77.0. The van der Waals surface area contributed by atoms with E-state index < -0.39 is 38.2 Å². The van der Waals surface area contributed by atoms with Gasteiger partial charge in [0.1, 0.15) is 21.6 Å². The molecule has 1 atom stereocenters. The Labute approximate surface area is 803 Å². The van der Waals surface area contributed by atoms with Crippen molar-refractivity contribution in [2.45, 2.75) is 89.5 Å². The summed E-state index contributed by atoms with van der Waals surface area (Å²) in [7, 11) is -9.67. The van der Waals surface area contributed by atoms with Gasteiger partial charge in [-0.2, -0.15) is 16.8 Å². The third-order valence-corrected chi connectivity index (χ3v) is 28.9. The highest BCUT2D eigenvalue weighted by Gasteiger charge is 2.42. The molecule has 14 aromatic rings. The van der Waals surface area contributed by atoms with Crippen LogP contribution in [0.2, 0.25) is 0 Å². The first-order chi connectivity index (χ1) is 67.0. The molecule has 2 N–H and O–H groups in total. The molecule has 0 saturated carbocycles. The van der Waals surface area contributed by atoms with E-state index in [9.17, 15) is 64.3 Å². The van der Waals surface area contributed by atoms with Crippen molar-refractivity contribution in [1.82, 2.24) is 19.6 Å². The monoisotopic (exact) mass is 1880 g/mol. The van der Waals surface area contributed by atoms with E-state index in [1.165, 1.54) is 31.7 Å². The van der Waals surface area contributed by atoms with Crippen molar-refractivity contribution in [1.29, 1.82) is 0 Å². The number of fused-ring (bicyclic) bond motifs is 8. The van der Waals surface area contributed by atoms with E-state index in [0.717, 1.165) is 67.3 Å². The van der Waals surface area contributed by atoms with Crippen LogP contribution in [0.3, 0.4) is 0 Å². The van der Waals surface area contributed by atoms with E-state index in [-0.39, 0.29) is 95.6 Å². The molecule has 8 amide bonds. The van der Waals surface area contributed by atoms with Crippen LogP contribution in [0, 0.1) is 41.5 Å². The van der Waals surface area contributed by atoms with Gasteiger partial charge in [0.05, 0.1) is 78.8 Å². The first kappa shape index (κ1) is 90.9. The van der Waals surface area contributed by atoms with Crippen molar-refractivity contribution < 1.29 is 73.5 Å². The molecule has 0 bridgehead atoms. The van der Waals surface area contributed by atoms with Gasteiger partial charge in [-0.1, -0.05) is 152 Å². The predicted molar refractivity (Wildman–Crippen MR) is 535 cm³/mol. The first-order valence-corrected chi connectivity index (χ1v) is 49.1. The largest absolute Gasteiger partial charge is 0.481 e. The molecule has 0 fully saturated rings. The maximum atomic E-state index is 14.1. The minimum absolute atomic E-state index is 0.0734. The molecule has 5 aliphatic heterocycles. The molecule has 13 aromatic carbocycles.